The van der Waals surface area contributed by atoms with Crippen molar-refractivity contribution in [1.82, 2.24) is 10.6 Å². The van der Waals surface area contributed by atoms with Crippen molar-refractivity contribution in [2.45, 2.75) is 24.7 Å². The summed E-state index contributed by atoms with van der Waals surface area (Å²) < 4.78 is 0. The van der Waals surface area contributed by atoms with Crippen molar-refractivity contribution in [2.75, 3.05) is 25.4 Å². The number of thioether (sulfide) groups is 1. The Hall–Kier alpha value is -0.710. The molecule has 2 rings (SSSR count). The molecule has 1 aromatic carbocycles. The van der Waals surface area contributed by atoms with Crippen LogP contribution in [0.1, 0.15) is 30.1 Å². The van der Waals surface area contributed by atoms with Crippen molar-refractivity contribution < 1.29 is 4.79 Å². The van der Waals surface area contributed by atoms with Crippen LogP contribution in [0.5, 0.6) is 0 Å². The fourth-order valence-corrected chi connectivity index (χ4v) is 3.35. The summed E-state index contributed by atoms with van der Waals surface area (Å²) >= 11 is 7.68. The zero-order valence-corrected chi connectivity index (χ0v) is 13.3. The number of nitrogens with one attached hydrogen (secondary N) is 2. The van der Waals surface area contributed by atoms with E-state index in [0.717, 1.165) is 30.3 Å². The number of rotatable bonds is 5. The molecule has 3 nitrogen and oxygen atoms in total. The zero-order chi connectivity index (χ0) is 14.4. The molecule has 0 saturated carbocycles. The van der Waals surface area contributed by atoms with Crippen molar-refractivity contribution in [2.24, 2.45) is 5.92 Å². The van der Waals surface area contributed by atoms with Crippen molar-refractivity contribution in [1.29, 1.82) is 0 Å². The van der Waals surface area contributed by atoms with Gasteiger partial charge in [-0.1, -0.05) is 18.5 Å². The van der Waals surface area contributed by atoms with Crippen LogP contribution in [0, 0.1) is 5.92 Å². The lowest BCUT2D eigenvalue weighted by Gasteiger charge is -2.23. The average Bonchev–Trinajstić information content (AvgIpc) is 2.48. The van der Waals surface area contributed by atoms with Gasteiger partial charge in [-0.15, -0.1) is 11.8 Å². The first kappa shape index (κ1) is 15.7. The SMILES string of the molecule is CCSc1ccc(Cl)cc1C(=O)NCC1CCCNC1. The Balaban J connectivity index is 1.98. The Morgan fingerprint density at radius 3 is 3.10 bits per heavy atom. The molecule has 0 spiro atoms. The van der Waals surface area contributed by atoms with Crippen molar-refractivity contribution in [3.05, 3.63) is 28.8 Å². The molecular formula is C15H21ClN2OS. The summed E-state index contributed by atoms with van der Waals surface area (Å²) in [4.78, 5) is 13.3. The van der Waals surface area contributed by atoms with Crippen LogP contribution in [0.3, 0.4) is 0 Å². The second-order valence-electron chi connectivity index (χ2n) is 5.00. The molecule has 1 aliphatic heterocycles. The maximum absolute atomic E-state index is 12.3. The highest BCUT2D eigenvalue weighted by Gasteiger charge is 2.16. The van der Waals surface area contributed by atoms with E-state index < -0.39 is 0 Å². The third-order valence-corrected chi connectivity index (χ3v) is 4.63. The molecule has 1 amide bonds. The Kier molecular flexibility index (Phi) is 6.20. The van der Waals surface area contributed by atoms with Gasteiger partial charge in [-0.3, -0.25) is 4.79 Å². The topological polar surface area (TPSA) is 41.1 Å². The number of amides is 1. The van der Waals surface area contributed by atoms with Crippen molar-refractivity contribution in [3.8, 4) is 0 Å². The number of carbonyl (C=O) groups excluding carboxylic acids is 1. The highest BCUT2D eigenvalue weighted by Crippen LogP contribution is 2.25. The molecule has 1 unspecified atom stereocenters. The van der Waals surface area contributed by atoms with Gasteiger partial charge in [0.25, 0.3) is 5.91 Å². The molecule has 1 heterocycles. The average molecular weight is 313 g/mol. The largest absolute Gasteiger partial charge is 0.352 e. The highest BCUT2D eigenvalue weighted by atomic mass is 35.5. The van der Waals surface area contributed by atoms with Crippen molar-refractivity contribution in [3.63, 3.8) is 0 Å². The summed E-state index contributed by atoms with van der Waals surface area (Å²) in [5.74, 6) is 1.46. The normalized spacial score (nSPS) is 18.8. The molecule has 1 aromatic rings. The van der Waals surface area contributed by atoms with Gasteiger partial charge >= 0.3 is 0 Å². The van der Waals surface area contributed by atoms with E-state index in [9.17, 15) is 4.79 Å². The molecule has 1 fully saturated rings. The predicted octanol–water partition coefficient (Wildman–Crippen LogP) is 3.18. The lowest BCUT2D eigenvalue weighted by atomic mass is 9.99. The molecule has 20 heavy (non-hydrogen) atoms. The minimum Gasteiger partial charge on any atom is -0.352 e. The number of piperidine rings is 1. The number of benzene rings is 1. The first-order chi connectivity index (χ1) is 9.70. The second-order valence-corrected chi connectivity index (χ2v) is 6.74. The smallest absolute Gasteiger partial charge is 0.252 e. The van der Waals surface area contributed by atoms with Crippen LogP contribution in [0.4, 0.5) is 0 Å². The minimum absolute atomic E-state index is 0.0194. The van der Waals surface area contributed by atoms with E-state index in [1.54, 1.807) is 17.8 Å². The van der Waals surface area contributed by atoms with Gasteiger partial charge in [-0.2, -0.15) is 0 Å². The van der Waals surface area contributed by atoms with Gasteiger partial charge in [0.15, 0.2) is 0 Å². The van der Waals surface area contributed by atoms with E-state index in [1.807, 2.05) is 12.1 Å². The minimum atomic E-state index is -0.0194. The molecule has 1 saturated heterocycles. The van der Waals surface area contributed by atoms with Gasteiger partial charge in [0.2, 0.25) is 0 Å². The molecular weight excluding hydrogens is 292 g/mol. The standard InChI is InChI=1S/C15H21ClN2OS/c1-2-20-14-6-5-12(16)8-13(14)15(19)18-10-11-4-3-7-17-9-11/h5-6,8,11,17H,2-4,7,9-10H2,1H3,(H,18,19). The van der Waals surface area contributed by atoms with Crippen molar-refractivity contribution >= 4 is 29.3 Å². The highest BCUT2D eigenvalue weighted by molar-refractivity contribution is 7.99. The summed E-state index contributed by atoms with van der Waals surface area (Å²) in [5.41, 5.74) is 0.688. The maximum atomic E-state index is 12.3. The molecule has 0 aliphatic carbocycles. The van der Waals surface area contributed by atoms with Crippen LogP contribution in [0.25, 0.3) is 0 Å². The molecule has 1 atom stereocenters. The van der Waals surface area contributed by atoms with E-state index >= 15 is 0 Å². The Labute approximate surface area is 129 Å². The monoisotopic (exact) mass is 312 g/mol. The first-order valence-corrected chi connectivity index (χ1v) is 8.48. The third-order valence-electron chi connectivity index (χ3n) is 3.44. The summed E-state index contributed by atoms with van der Waals surface area (Å²) in [6, 6.07) is 5.52. The predicted molar refractivity (Wildman–Crippen MR) is 85.8 cm³/mol. The summed E-state index contributed by atoms with van der Waals surface area (Å²) in [6.45, 7) is 4.89. The van der Waals surface area contributed by atoms with E-state index in [2.05, 4.69) is 17.6 Å². The van der Waals surface area contributed by atoms with E-state index in [-0.39, 0.29) is 5.91 Å². The van der Waals surface area contributed by atoms with Gasteiger partial charge in [-0.25, -0.2) is 0 Å². The lowest BCUT2D eigenvalue weighted by Crippen LogP contribution is -2.38. The molecule has 0 radical (unpaired) electrons. The quantitative estimate of drug-likeness (QED) is 0.821. The third kappa shape index (κ3) is 4.40. The number of halogens is 1. The molecule has 1 aliphatic rings. The zero-order valence-electron chi connectivity index (χ0n) is 11.7. The van der Waals surface area contributed by atoms with Gasteiger partial charge in [0.05, 0.1) is 5.56 Å². The van der Waals surface area contributed by atoms with E-state index in [4.69, 9.17) is 11.6 Å². The number of carbonyl (C=O) groups is 1. The van der Waals surface area contributed by atoms with Crippen LogP contribution >= 0.6 is 23.4 Å². The fraction of sp³-hybridized carbons (Fsp3) is 0.533. The molecule has 2 N–H and O–H groups in total. The summed E-state index contributed by atoms with van der Waals surface area (Å²) in [5, 5.41) is 7.01. The van der Waals surface area contributed by atoms with Crippen LogP contribution in [0.15, 0.2) is 23.1 Å². The van der Waals surface area contributed by atoms with E-state index in [0.29, 0.717) is 16.5 Å². The molecule has 110 valence electrons. The number of hydrogen-bond donors (Lipinski definition) is 2. The van der Waals surface area contributed by atoms with E-state index in [1.165, 1.54) is 12.8 Å². The van der Waals surface area contributed by atoms with Crippen LogP contribution in [0.2, 0.25) is 5.02 Å². The van der Waals surface area contributed by atoms with Gasteiger partial charge in [0, 0.05) is 16.5 Å². The fourth-order valence-electron chi connectivity index (χ4n) is 2.39. The molecule has 0 bridgehead atoms. The van der Waals surface area contributed by atoms with Crippen LogP contribution in [-0.2, 0) is 0 Å². The summed E-state index contributed by atoms with van der Waals surface area (Å²) in [6.07, 6.45) is 2.37. The molecule has 5 heteroatoms. The first-order valence-electron chi connectivity index (χ1n) is 7.12. The van der Waals surface area contributed by atoms with Gasteiger partial charge in [-0.05, 0) is 55.8 Å². The maximum Gasteiger partial charge on any atom is 0.252 e. The lowest BCUT2D eigenvalue weighted by molar-refractivity contribution is 0.0942. The van der Waals surface area contributed by atoms with Crippen LogP contribution in [-0.4, -0.2) is 31.3 Å². The summed E-state index contributed by atoms with van der Waals surface area (Å²) in [7, 11) is 0. The Bertz CT molecular complexity index is 461. The van der Waals surface area contributed by atoms with Gasteiger partial charge in [0.1, 0.15) is 0 Å². The Morgan fingerprint density at radius 1 is 1.55 bits per heavy atom. The van der Waals surface area contributed by atoms with Crippen LogP contribution < -0.4 is 10.6 Å². The second kappa shape index (κ2) is 7.91. The number of hydrogen-bond acceptors (Lipinski definition) is 3. The Morgan fingerprint density at radius 2 is 2.40 bits per heavy atom. The molecule has 0 aromatic heterocycles. The van der Waals surface area contributed by atoms with Gasteiger partial charge < -0.3 is 10.6 Å².